The van der Waals surface area contributed by atoms with Crippen LogP contribution in [0.3, 0.4) is 0 Å². The molecule has 0 aliphatic heterocycles. The van der Waals surface area contributed by atoms with E-state index in [1.165, 1.54) is 12.8 Å². The maximum atomic E-state index is 11.6. The van der Waals surface area contributed by atoms with Crippen LogP contribution in [0.5, 0.6) is 0 Å². The SMILES string of the molecule is O=C1C[C@@H]2C[C@@H]1[C@H]1C[C@@H](Br)[C@@H](Br)[C@H]21. The van der Waals surface area contributed by atoms with Gasteiger partial charge in [-0.3, -0.25) is 4.79 Å². The lowest BCUT2D eigenvalue weighted by Crippen LogP contribution is -2.27. The van der Waals surface area contributed by atoms with Crippen molar-refractivity contribution in [3.05, 3.63) is 0 Å². The summed E-state index contributed by atoms with van der Waals surface area (Å²) >= 11 is 7.48. The number of rotatable bonds is 0. The second kappa shape index (κ2) is 2.82. The van der Waals surface area contributed by atoms with Crippen molar-refractivity contribution in [1.82, 2.24) is 0 Å². The fraction of sp³-hybridized carbons (Fsp3) is 0.900. The summed E-state index contributed by atoms with van der Waals surface area (Å²) in [6, 6.07) is 0. The van der Waals surface area contributed by atoms with Crippen molar-refractivity contribution >= 4 is 37.6 Å². The summed E-state index contributed by atoms with van der Waals surface area (Å²) < 4.78 is 0. The highest BCUT2D eigenvalue weighted by atomic mass is 79.9. The molecule has 0 aromatic rings. The van der Waals surface area contributed by atoms with Crippen molar-refractivity contribution in [3.63, 3.8) is 0 Å². The molecule has 3 fully saturated rings. The maximum Gasteiger partial charge on any atom is 0.136 e. The lowest BCUT2D eigenvalue weighted by atomic mass is 9.81. The van der Waals surface area contributed by atoms with E-state index < -0.39 is 0 Å². The first kappa shape index (κ1) is 8.90. The molecule has 0 aromatic heterocycles. The van der Waals surface area contributed by atoms with Crippen LogP contribution in [0.4, 0.5) is 0 Å². The lowest BCUT2D eigenvalue weighted by molar-refractivity contribution is -0.123. The molecule has 0 heterocycles. The van der Waals surface area contributed by atoms with Gasteiger partial charge >= 0.3 is 0 Å². The zero-order chi connectivity index (χ0) is 9.16. The van der Waals surface area contributed by atoms with Gasteiger partial charge in [-0.15, -0.1) is 0 Å². The van der Waals surface area contributed by atoms with Crippen LogP contribution in [0.2, 0.25) is 0 Å². The molecule has 1 nitrogen and oxygen atoms in total. The van der Waals surface area contributed by atoms with Gasteiger partial charge in [0.05, 0.1) is 0 Å². The van der Waals surface area contributed by atoms with Gasteiger partial charge < -0.3 is 0 Å². The Bertz CT molecular complexity index is 266. The van der Waals surface area contributed by atoms with E-state index in [0.29, 0.717) is 33.2 Å². The standard InChI is InChI=1S/C10H12Br2O/c11-7-3-6-5-1-4(2-8(5)13)9(6)10(7)12/h4-7,9-10H,1-3H2/t4-,5+,6+,7+,9+,10+/m0/s1. The molecule has 0 unspecified atom stereocenters. The summed E-state index contributed by atoms with van der Waals surface area (Å²) in [5.41, 5.74) is 0. The minimum absolute atomic E-state index is 0.428. The molecule has 0 N–H and O–H groups in total. The van der Waals surface area contributed by atoms with Gasteiger partial charge in [0.25, 0.3) is 0 Å². The third-order valence-corrected chi connectivity index (χ3v) is 7.10. The van der Waals surface area contributed by atoms with Crippen LogP contribution >= 0.6 is 31.9 Å². The number of carbonyl (C=O) groups excluding carboxylic acids is 1. The summed E-state index contributed by atoms with van der Waals surface area (Å²) in [6.07, 6.45) is 3.26. The Morgan fingerprint density at radius 1 is 1.23 bits per heavy atom. The second-order valence-electron chi connectivity index (χ2n) is 4.71. The van der Waals surface area contributed by atoms with Crippen LogP contribution < -0.4 is 0 Å². The number of carbonyl (C=O) groups is 1. The molecule has 3 aliphatic rings. The summed E-state index contributed by atoms with van der Waals surface area (Å²) in [5.74, 6) is 3.16. The highest BCUT2D eigenvalue weighted by molar-refractivity contribution is 9.12. The molecule has 2 bridgehead atoms. The highest BCUT2D eigenvalue weighted by Gasteiger charge is 2.58. The van der Waals surface area contributed by atoms with Gasteiger partial charge in [-0.2, -0.15) is 0 Å². The Labute approximate surface area is 94.9 Å². The molecule has 0 radical (unpaired) electrons. The molecule has 3 heteroatoms. The molecule has 0 amide bonds. The molecular weight excluding hydrogens is 296 g/mol. The first-order valence-electron chi connectivity index (χ1n) is 4.99. The lowest BCUT2D eigenvalue weighted by Gasteiger charge is -2.25. The Morgan fingerprint density at radius 3 is 2.77 bits per heavy atom. The topological polar surface area (TPSA) is 17.1 Å². The Morgan fingerprint density at radius 2 is 2.00 bits per heavy atom. The van der Waals surface area contributed by atoms with Crippen LogP contribution in [-0.4, -0.2) is 15.4 Å². The molecule has 72 valence electrons. The number of hydrogen-bond donors (Lipinski definition) is 0. The average molecular weight is 308 g/mol. The Balaban J connectivity index is 1.93. The minimum atomic E-state index is 0.428. The van der Waals surface area contributed by atoms with Gasteiger partial charge in [0.15, 0.2) is 0 Å². The minimum Gasteiger partial charge on any atom is -0.299 e. The van der Waals surface area contributed by atoms with Crippen LogP contribution in [-0.2, 0) is 4.79 Å². The van der Waals surface area contributed by atoms with E-state index >= 15 is 0 Å². The van der Waals surface area contributed by atoms with E-state index in [-0.39, 0.29) is 0 Å². The van der Waals surface area contributed by atoms with Crippen molar-refractivity contribution < 1.29 is 4.79 Å². The van der Waals surface area contributed by atoms with E-state index in [1.54, 1.807) is 0 Å². The largest absolute Gasteiger partial charge is 0.299 e. The summed E-state index contributed by atoms with van der Waals surface area (Å²) in [6.45, 7) is 0. The fourth-order valence-corrected chi connectivity index (χ4v) is 5.55. The quantitative estimate of drug-likeness (QED) is 0.629. The number of ketones is 1. The molecule has 3 aliphatic carbocycles. The summed E-state index contributed by atoms with van der Waals surface area (Å²) in [7, 11) is 0. The van der Waals surface area contributed by atoms with Gasteiger partial charge in [0, 0.05) is 22.0 Å². The molecule has 0 spiro atoms. The molecule has 0 aromatic carbocycles. The van der Waals surface area contributed by atoms with Gasteiger partial charge in [0.1, 0.15) is 5.78 Å². The second-order valence-corrected chi connectivity index (χ2v) is 6.94. The summed E-state index contributed by atoms with van der Waals surface area (Å²) in [4.78, 5) is 12.8. The average Bonchev–Trinajstić information content (AvgIpc) is 2.65. The fourth-order valence-electron chi connectivity index (χ4n) is 3.72. The van der Waals surface area contributed by atoms with Crippen LogP contribution in [0.15, 0.2) is 0 Å². The Hall–Kier alpha value is 0.630. The molecule has 3 saturated carbocycles. The number of halogens is 2. The van der Waals surface area contributed by atoms with Gasteiger partial charge in [-0.05, 0) is 30.6 Å². The molecule has 3 rings (SSSR count). The number of hydrogen-bond acceptors (Lipinski definition) is 1. The van der Waals surface area contributed by atoms with Crippen LogP contribution in [0.25, 0.3) is 0 Å². The third kappa shape index (κ3) is 1.06. The smallest absolute Gasteiger partial charge is 0.136 e. The predicted molar refractivity (Wildman–Crippen MR) is 58.2 cm³/mol. The van der Waals surface area contributed by atoms with Crippen LogP contribution in [0.1, 0.15) is 19.3 Å². The number of alkyl halides is 2. The normalized spacial score (nSPS) is 58.8. The molecule has 6 atom stereocenters. The number of Topliss-reactive ketones (excluding diaryl/α,β-unsaturated/α-hetero) is 1. The third-order valence-electron chi connectivity index (χ3n) is 4.20. The predicted octanol–water partition coefficient (Wildman–Crippen LogP) is 2.76. The van der Waals surface area contributed by atoms with E-state index in [4.69, 9.17) is 0 Å². The van der Waals surface area contributed by atoms with Gasteiger partial charge in [-0.1, -0.05) is 31.9 Å². The van der Waals surface area contributed by atoms with E-state index in [1.807, 2.05) is 0 Å². The van der Waals surface area contributed by atoms with Crippen molar-refractivity contribution in [1.29, 1.82) is 0 Å². The molecule has 0 saturated heterocycles. The molecular formula is C10H12Br2O. The monoisotopic (exact) mass is 306 g/mol. The van der Waals surface area contributed by atoms with Crippen molar-refractivity contribution in [2.75, 3.05) is 0 Å². The van der Waals surface area contributed by atoms with Crippen molar-refractivity contribution in [3.8, 4) is 0 Å². The van der Waals surface area contributed by atoms with Crippen molar-refractivity contribution in [2.24, 2.45) is 23.7 Å². The Kier molecular flexibility index (Phi) is 1.93. The highest BCUT2D eigenvalue weighted by Crippen LogP contribution is 2.60. The summed E-state index contributed by atoms with van der Waals surface area (Å²) in [5, 5.41) is 0. The van der Waals surface area contributed by atoms with E-state index in [9.17, 15) is 4.79 Å². The first-order chi connectivity index (χ1) is 6.18. The zero-order valence-electron chi connectivity index (χ0n) is 7.25. The van der Waals surface area contributed by atoms with Gasteiger partial charge in [-0.25, -0.2) is 0 Å². The van der Waals surface area contributed by atoms with Gasteiger partial charge in [0.2, 0.25) is 0 Å². The number of fused-ring (bicyclic) bond motifs is 5. The maximum absolute atomic E-state index is 11.6. The van der Waals surface area contributed by atoms with Crippen molar-refractivity contribution in [2.45, 2.75) is 28.9 Å². The van der Waals surface area contributed by atoms with Crippen LogP contribution in [0, 0.1) is 23.7 Å². The van der Waals surface area contributed by atoms with E-state index in [2.05, 4.69) is 31.9 Å². The molecule has 13 heavy (non-hydrogen) atoms. The first-order valence-corrected chi connectivity index (χ1v) is 6.82. The van der Waals surface area contributed by atoms with E-state index in [0.717, 1.165) is 12.3 Å². The zero-order valence-corrected chi connectivity index (χ0v) is 10.4.